The number of halogens is 3. The molecule has 0 fully saturated rings. The average Bonchev–Trinajstić information content (AvgIpc) is 2.23. The number of benzene rings is 1. The Kier molecular flexibility index (Phi) is 5.88. The standard InChI is InChI=1S/C13H19BrF2N2O2S/c1-13(2,8-18(3)4)7-17-21(19,20)12-10(14)5-9(15)6-11(12)16/h5-6,17H,7-8H2,1-4H3. The van der Waals surface area contributed by atoms with Crippen LogP contribution in [0.25, 0.3) is 0 Å². The molecule has 0 heterocycles. The van der Waals surface area contributed by atoms with Gasteiger partial charge in [0.2, 0.25) is 10.0 Å². The highest BCUT2D eigenvalue weighted by Gasteiger charge is 2.27. The fourth-order valence-electron chi connectivity index (χ4n) is 2.06. The van der Waals surface area contributed by atoms with Crippen LogP contribution in [-0.4, -0.2) is 40.5 Å². The second-order valence-corrected chi connectivity index (χ2v) is 8.48. The maximum Gasteiger partial charge on any atom is 0.244 e. The topological polar surface area (TPSA) is 49.4 Å². The summed E-state index contributed by atoms with van der Waals surface area (Å²) in [5.74, 6) is -1.97. The quantitative estimate of drug-likeness (QED) is 0.819. The maximum atomic E-state index is 13.7. The van der Waals surface area contributed by atoms with E-state index in [2.05, 4.69) is 20.7 Å². The number of rotatable bonds is 6. The minimum Gasteiger partial charge on any atom is -0.309 e. The van der Waals surface area contributed by atoms with Crippen LogP contribution >= 0.6 is 15.9 Å². The Labute approximate surface area is 132 Å². The largest absolute Gasteiger partial charge is 0.309 e. The summed E-state index contributed by atoms with van der Waals surface area (Å²) in [7, 11) is -0.302. The summed E-state index contributed by atoms with van der Waals surface area (Å²) >= 11 is 2.89. The van der Waals surface area contributed by atoms with Gasteiger partial charge in [-0.1, -0.05) is 13.8 Å². The summed E-state index contributed by atoms with van der Waals surface area (Å²) in [6.07, 6.45) is 0. The first-order chi connectivity index (χ1) is 9.44. The van der Waals surface area contributed by atoms with E-state index in [1.165, 1.54) is 0 Å². The Hall–Kier alpha value is -0.570. The summed E-state index contributed by atoms with van der Waals surface area (Å²) in [5.41, 5.74) is -0.334. The van der Waals surface area contributed by atoms with Crippen LogP contribution in [-0.2, 0) is 10.0 Å². The molecule has 0 amide bonds. The predicted octanol–water partition coefficient (Wildman–Crippen LogP) is 2.59. The van der Waals surface area contributed by atoms with Crippen LogP contribution in [0.3, 0.4) is 0 Å². The lowest BCUT2D eigenvalue weighted by Crippen LogP contribution is -2.40. The minimum absolute atomic E-state index is 0.136. The molecule has 0 unspecified atom stereocenters. The highest BCUT2D eigenvalue weighted by molar-refractivity contribution is 9.10. The number of nitrogens with zero attached hydrogens (tertiary/aromatic N) is 1. The zero-order chi connectivity index (χ0) is 16.4. The Bertz CT molecular complexity index is 596. The molecule has 8 heteroatoms. The van der Waals surface area contributed by atoms with Crippen molar-refractivity contribution in [3.05, 3.63) is 28.2 Å². The second kappa shape index (κ2) is 6.68. The van der Waals surface area contributed by atoms with E-state index in [-0.39, 0.29) is 16.4 Å². The van der Waals surface area contributed by atoms with Crippen molar-refractivity contribution in [1.82, 2.24) is 9.62 Å². The van der Waals surface area contributed by atoms with Crippen LogP contribution in [0.5, 0.6) is 0 Å². The van der Waals surface area contributed by atoms with Crippen molar-refractivity contribution in [3.8, 4) is 0 Å². The van der Waals surface area contributed by atoms with Crippen molar-refractivity contribution >= 4 is 26.0 Å². The summed E-state index contributed by atoms with van der Waals surface area (Å²) in [6.45, 7) is 4.58. The lowest BCUT2D eigenvalue weighted by Gasteiger charge is -2.28. The van der Waals surface area contributed by atoms with Gasteiger partial charge in [0.25, 0.3) is 0 Å². The molecule has 120 valence electrons. The Morgan fingerprint density at radius 2 is 1.86 bits per heavy atom. The molecule has 0 aliphatic carbocycles. The van der Waals surface area contributed by atoms with Gasteiger partial charge in [0, 0.05) is 23.6 Å². The SMILES string of the molecule is CN(C)CC(C)(C)CNS(=O)(=O)c1c(F)cc(F)cc1Br. The van der Waals surface area contributed by atoms with Crippen LogP contribution < -0.4 is 4.72 Å². The first-order valence-corrected chi connectivity index (χ1v) is 8.51. The third kappa shape index (κ3) is 5.28. The van der Waals surface area contributed by atoms with E-state index in [4.69, 9.17) is 0 Å². The molecule has 0 aliphatic heterocycles. The van der Waals surface area contributed by atoms with Gasteiger partial charge in [-0.05, 0) is 41.5 Å². The van der Waals surface area contributed by atoms with Gasteiger partial charge < -0.3 is 4.90 Å². The molecule has 1 aromatic rings. The Morgan fingerprint density at radius 1 is 1.29 bits per heavy atom. The molecule has 1 rings (SSSR count). The zero-order valence-corrected chi connectivity index (χ0v) is 14.8. The van der Waals surface area contributed by atoms with E-state index in [0.29, 0.717) is 12.6 Å². The smallest absolute Gasteiger partial charge is 0.244 e. The highest BCUT2D eigenvalue weighted by atomic mass is 79.9. The number of nitrogens with one attached hydrogen (secondary N) is 1. The number of hydrogen-bond acceptors (Lipinski definition) is 3. The maximum absolute atomic E-state index is 13.7. The molecule has 0 radical (unpaired) electrons. The summed E-state index contributed by atoms with van der Waals surface area (Å²) in [6, 6.07) is 1.47. The van der Waals surface area contributed by atoms with Crippen LogP contribution in [0.1, 0.15) is 13.8 Å². The van der Waals surface area contributed by atoms with E-state index >= 15 is 0 Å². The summed E-state index contributed by atoms with van der Waals surface area (Å²) in [5, 5.41) is 0. The fourth-order valence-corrected chi connectivity index (χ4v) is 4.46. The monoisotopic (exact) mass is 384 g/mol. The van der Waals surface area contributed by atoms with Gasteiger partial charge in [0.1, 0.15) is 16.5 Å². The van der Waals surface area contributed by atoms with Gasteiger partial charge in [-0.25, -0.2) is 21.9 Å². The molecule has 4 nitrogen and oxygen atoms in total. The van der Waals surface area contributed by atoms with Crippen molar-refractivity contribution in [2.45, 2.75) is 18.7 Å². The predicted molar refractivity (Wildman–Crippen MR) is 81.6 cm³/mol. The number of sulfonamides is 1. The molecule has 0 spiro atoms. The van der Waals surface area contributed by atoms with Gasteiger partial charge in [0.05, 0.1) is 0 Å². The van der Waals surface area contributed by atoms with Gasteiger partial charge in [-0.3, -0.25) is 0 Å². The van der Waals surface area contributed by atoms with Gasteiger partial charge in [-0.2, -0.15) is 0 Å². The molecule has 0 atom stereocenters. The third-order valence-electron chi connectivity index (χ3n) is 2.72. The molecule has 21 heavy (non-hydrogen) atoms. The minimum atomic E-state index is -4.06. The lowest BCUT2D eigenvalue weighted by atomic mass is 9.93. The van der Waals surface area contributed by atoms with Crippen molar-refractivity contribution in [3.63, 3.8) is 0 Å². The number of hydrogen-bond donors (Lipinski definition) is 1. The highest BCUT2D eigenvalue weighted by Crippen LogP contribution is 2.26. The van der Waals surface area contributed by atoms with E-state index in [0.717, 1.165) is 6.07 Å². The van der Waals surface area contributed by atoms with E-state index < -0.39 is 26.6 Å². The first-order valence-electron chi connectivity index (χ1n) is 6.23. The van der Waals surface area contributed by atoms with Crippen LogP contribution in [0, 0.1) is 17.0 Å². The summed E-state index contributed by atoms with van der Waals surface area (Å²) < 4.78 is 53.4. The van der Waals surface area contributed by atoms with Crippen LogP contribution in [0.2, 0.25) is 0 Å². The molecular formula is C13H19BrF2N2O2S. The molecule has 0 saturated heterocycles. The second-order valence-electron chi connectivity index (χ2n) is 5.93. The molecule has 0 saturated carbocycles. The first kappa shape index (κ1) is 18.5. The van der Waals surface area contributed by atoms with Gasteiger partial charge in [-0.15, -0.1) is 0 Å². The summed E-state index contributed by atoms with van der Waals surface area (Å²) in [4.78, 5) is 1.35. The molecule has 1 aromatic carbocycles. The van der Waals surface area contributed by atoms with E-state index in [1.807, 2.05) is 32.8 Å². The van der Waals surface area contributed by atoms with E-state index in [1.54, 1.807) is 0 Å². The third-order valence-corrected chi connectivity index (χ3v) is 5.08. The normalized spacial score (nSPS) is 13.0. The molecule has 1 N–H and O–H groups in total. The van der Waals surface area contributed by atoms with Gasteiger partial charge in [0.15, 0.2) is 0 Å². The van der Waals surface area contributed by atoms with Crippen LogP contribution in [0.15, 0.2) is 21.5 Å². The Morgan fingerprint density at radius 3 is 2.33 bits per heavy atom. The van der Waals surface area contributed by atoms with Crippen LogP contribution in [0.4, 0.5) is 8.78 Å². The Balaban J connectivity index is 2.98. The van der Waals surface area contributed by atoms with E-state index in [9.17, 15) is 17.2 Å². The lowest BCUT2D eigenvalue weighted by molar-refractivity contribution is 0.242. The average molecular weight is 385 g/mol. The zero-order valence-electron chi connectivity index (χ0n) is 12.4. The molecule has 0 aliphatic rings. The fraction of sp³-hybridized carbons (Fsp3) is 0.538. The molecule has 0 aromatic heterocycles. The van der Waals surface area contributed by atoms with Crippen molar-refractivity contribution < 1.29 is 17.2 Å². The molecular weight excluding hydrogens is 366 g/mol. The van der Waals surface area contributed by atoms with Crippen molar-refractivity contribution in [2.24, 2.45) is 5.41 Å². The van der Waals surface area contributed by atoms with Crippen molar-refractivity contribution in [2.75, 3.05) is 27.2 Å². The van der Waals surface area contributed by atoms with Gasteiger partial charge >= 0.3 is 0 Å². The molecule has 0 bridgehead atoms. The van der Waals surface area contributed by atoms with Crippen molar-refractivity contribution in [1.29, 1.82) is 0 Å².